The Hall–Kier alpha value is -0.650. The van der Waals surface area contributed by atoms with Crippen molar-refractivity contribution in [3.8, 4) is 0 Å². The van der Waals surface area contributed by atoms with Gasteiger partial charge in [-0.3, -0.25) is 14.6 Å². The lowest BCUT2D eigenvalue weighted by atomic mass is 9.99. The van der Waals surface area contributed by atoms with Gasteiger partial charge in [0.05, 0.1) is 0 Å². The minimum absolute atomic E-state index is 0.213. The normalized spacial score (nSPS) is 31.7. The third-order valence-electron chi connectivity index (χ3n) is 4.73. The van der Waals surface area contributed by atoms with E-state index in [4.69, 9.17) is 0 Å². The van der Waals surface area contributed by atoms with Crippen molar-refractivity contribution >= 4 is 5.91 Å². The molecule has 2 heterocycles. The molecular formula is C14H28N4O. The number of carbonyl (C=O) groups is 1. The molecule has 0 aliphatic carbocycles. The molecule has 0 spiro atoms. The van der Waals surface area contributed by atoms with Crippen LogP contribution in [0.2, 0.25) is 0 Å². The highest BCUT2D eigenvalue weighted by molar-refractivity contribution is 5.73. The van der Waals surface area contributed by atoms with Crippen molar-refractivity contribution < 1.29 is 4.79 Å². The van der Waals surface area contributed by atoms with Gasteiger partial charge in [-0.25, -0.2) is 0 Å². The molecule has 0 aromatic rings. The highest BCUT2D eigenvalue weighted by atomic mass is 16.2. The third kappa shape index (κ3) is 3.27. The van der Waals surface area contributed by atoms with Crippen LogP contribution in [0.15, 0.2) is 0 Å². The number of rotatable bonds is 2. The predicted molar refractivity (Wildman–Crippen MR) is 77.2 cm³/mol. The Labute approximate surface area is 117 Å². The average Bonchev–Trinajstić information content (AvgIpc) is 2.39. The molecule has 0 N–H and O–H groups in total. The molecule has 2 aliphatic rings. The van der Waals surface area contributed by atoms with Crippen molar-refractivity contribution in [1.29, 1.82) is 0 Å². The largest absolute Gasteiger partial charge is 0.340 e. The van der Waals surface area contributed by atoms with Crippen molar-refractivity contribution in [2.75, 3.05) is 59.9 Å². The first-order valence-corrected chi connectivity index (χ1v) is 7.41. The topological polar surface area (TPSA) is 30.0 Å². The Morgan fingerprint density at radius 2 is 1.79 bits per heavy atom. The van der Waals surface area contributed by atoms with E-state index >= 15 is 0 Å². The Morgan fingerprint density at radius 3 is 2.42 bits per heavy atom. The maximum absolute atomic E-state index is 11.6. The molecule has 2 atom stereocenters. The number of hydrogen-bond donors (Lipinski definition) is 0. The van der Waals surface area contributed by atoms with Crippen molar-refractivity contribution in [1.82, 2.24) is 19.6 Å². The first-order valence-electron chi connectivity index (χ1n) is 7.41. The molecule has 0 saturated carbocycles. The van der Waals surface area contributed by atoms with Gasteiger partial charge in [0, 0.05) is 58.3 Å². The SMILES string of the molecule is CCN1CCN(C)CC1C1CN(C(C)=O)CCN1C. The summed E-state index contributed by atoms with van der Waals surface area (Å²) < 4.78 is 0. The van der Waals surface area contributed by atoms with E-state index in [1.807, 2.05) is 4.90 Å². The lowest BCUT2D eigenvalue weighted by Gasteiger charge is -2.49. The van der Waals surface area contributed by atoms with Gasteiger partial charge in [0.2, 0.25) is 5.91 Å². The molecular weight excluding hydrogens is 240 g/mol. The van der Waals surface area contributed by atoms with Crippen LogP contribution >= 0.6 is 0 Å². The maximum atomic E-state index is 11.6. The minimum atomic E-state index is 0.213. The fourth-order valence-corrected chi connectivity index (χ4v) is 3.35. The molecule has 19 heavy (non-hydrogen) atoms. The Kier molecular flexibility index (Phi) is 4.81. The Balaban J connectivity index is 2.09. The minimum Gasteiger partial charge on any atom is -0.340 e. The summed E-state index contributed by atoms with van der Waals surface area (Å²) in [5.41, 5.74) is 0. The highest BCUT2D eigenvalue weighted by Crippen LogP contribution is 2.19. The van der Waals surface area contributed by atoms with Gasteiger partial charge >= 0.3 is 0 Å². The van der Waals surface area contributed by atoms with Gasteiger partial charge in [-0.1, -0.05) is 6.92 Å². The first-order chi connectivity index (χ1) is 9.02. The molecule has 2 rings (SSSR count). The van der Waals surface area contributed by atoms with Crippen LogP contribution in [-0.2, 0) is 4.79 Å². The van der Waals surface area contributed by atoms with Gasteiger partial charge in [-0.2, -0.15) is 0 Å². The molecule has 0 radical (unpaired) electrons. The van der Waals surface area contributed by atoms with E-state index in [0.717, 1.165) is 45.8 Å². The molecule has 5 nitrogen and oxygen atoms in total. The van der Waals surface area contributed by atoms with Crippen molar-refractivity contribution in [2.45, 2.75) is 25.9 Å². The van der Waals surface area contributed by atoms with E-state index in [0.29, 0.717) is 12.1 Å². The molecule has 110 valence electrons. The fourth-order valence-electron chi connectivity index (χ4n) is 3.35. The summed E-state index contributed by atoms with van der Waals surface area (Å²) in [7, 11) is 4.40. The smallest absolute Gasteiger partial charge is 0.219 e. The van der Waals surface area contributed by atoms with Crippen LogP contribution in [0, 0.1) is 0 Å². The Bertz CT molecular complexity index is 323. The molecule has 2 fully saturated rings. The monoisotopic (exact) mass is 268 g/mol. The molecule has 2 aliphatic heterocycles. The third-order valence-corrected chi connectivity index (χ3v) is 4.73. The number of amides is 1. The zero-order chi connectivity index (χ0) is 14.0. The molecule has 0 bridgehead atoms. The number of carbonyl (C=O) groups excluding carboxylic acids is 1. The van der Waals surface area contributed by atoms with Crippen LogP contribution in [0.5, 0.6) is 0 Å². The summed E-state index contributed by atoms with van der Waals surface area (Å²) in [5.74, 6) is 0.213. The molecule has 2 saturated heterocycles. The van der Waals surface area contributed by atoms with Crippen molar-refractivity contribution in [3.63, 3.8) is 0 Å². The summed E-state index contributed by atoms with van der Waals surface area (Å²) in [6, 6.07) is 0.997. The average molecular weight is 268 g/mol. The second-order valence-electron chi connectivity index (χ2n) is 5.97. The van der Waals surface area contributed by atoms with Crippen LogP contribution in [0.1, 0.15) is 13.8 Å². The van der Waals surface area contributed by atoms with E-state index in [2.05, 4.69) is 35.7 Å². The van der Waals surface area contributed by atoms with Gasteiger partial charge in [-0.05, 0) is 20.6 Å². The lowest BCUT2D eigenvalue weighted by molar-refractivity contribution is -0.132. The van der Waals surface area contributed by atoms with Crippen LogP contribution in [-0.4, -0.2) is 97.5 Å². The lowest BCUT2D eigenvalue weighted by Crippen LogP contribution is -2.65. The van der Waals surface area contributed by atoms with Crippen molar-refractivity contribution in [3.05, 3.63) is 0 Å². The second-order valence-corrected chi connectivity index (χ2v) is 5.97. The summed E-state index contributed by atoms with van der Waals surface area (Å²) in [4.78, 5) is 21.1. The van der Waals surface area contributed by atoms with Gasteiger partial charge < -0.3 is 9.80 Å². The van der Waals surface area contributed by atoms with Gasteiger partial charge in [0.25, 0.3) is 0 Å². The summed E-state index contributed by atoms with van der Waals surface area (Å²) in [6.07, 6.45) is 0. The van der Waals surface area contributed by atoms with Crippen LogP contribution in [0.25, 0.3) is 0 Å². The van der Waals surface area contributed by atoms with E-state index in [-0.39, 0.29) is 5.91 Å². The predicted octanol–water partition coefficient (Wildman–Crippen LogP) is -0.215. The zero-order valence-corrected chi connectivity index (χ0v) is 12.8. The number of hydrogen-bond acceptors (Lipinski definition) is 4. The first kappa shape index (κ1) is 14.8. The van der Waals surface area contributed by atoms with E-state index in [1.54, 1.807) is 6.92 Å². The number of likely N-dealkylation sites (N-methyl/N-ethyl adjacent to an activating group) is 3. The van der Waals surface area contributed by atoms with E-state index in [1.165, 1.54) is 0 Å². The maximum Gasteiger partial charge on any atom is 0.219 e. The number of piperazine rings is 2. The second kappa shape index (κ2) is 6.20. The van der Waals surface area contributed by atoms with Gasteiger partial charge in [0.15, 0.2) is 0 Å². The molecule has 0 aromatic heterocycles. The zero-order valence-electron chi connectivity index (χ0n) is 12.8. The fraction of sp³-hybridized carbons (Fsp3) is 0.929. The molecule has 0 aromatic carbocycles. The van der Waals surface area contributed by atoms with Crippen molar-refractivity contribution in [2.24, 2.45) is 0 Å². The summed E-state index contributed by atoms with van der Waals surface area (Å²) in [5, 5.41) is 0. The Morgan fingerprint density at radius 1 is 1.05 bits per heavy atom. The summed E-state index contributed by atoms with van der Waals surface area (Å²) >= 11 is 0. The van der Waals surface area contributed by atoms with Gasteiger partial charge in [-0.15, -0.1) is 0 Å². The number of nitrogens with zero attached hydrogens (tertiary/aromatic N) is 4. The molecule has 2 unspecified atom stereocenters. The molecule has 1 amide bonds. The van der Waals surface area contributed by atoms with Gasteiger partial charge in [0.1, 0.15) is 0 Å². The van der Waals surface area contributed by atoms with E-state index < -0.39 is 0 Å². The van der Waals surface area contributed by atoms with Crippen LogP contribution in [0.3, 0.4) is 0 Å². The summed E-state index contributed by atoms with van der Waals surface area (Å²) in [6.45, 7) is 11.2. The van der Waals surface area contributed by atoms with Crippen LogP contribution < -0.4 is 0 Å². The van der Waals surface area contributed by atoms with E-state index in [9.17, 15) is 4.79 Å². The highest BCUT2D eigenvalue weighted by Gasteiger charge is 2.37. The van der Waals surface area contributed by atoms with Crippen LogP contribution in [0.4, 0.5) is 0 Å². The molecule has 5 heteroatoms. The quantitative estimate of drug-likeness (QED) is 0.693. The standard InChI is InChI=1S/C14H28N4O/c1-5-17-8-6-15(3)10-14(17)13-11-18(12(2)19)9-7-16(13)4/h13-14H,5-11H2,1-4H3.